The normalized spacial score (nSPS) is 19.2. The molecule has 92 valence electrons. The molecule has 2 rings (SSSR count). The molecule has 17 heavy (non-hydrogen) atoms. The Balaban J connectivity index is 2.32. The molecule has 1 atom stereocenters. The lowest BCUT2D eigenvalue weighted by molar-refractivity contribution is -0.387. The summed E-state index contributed by atoms with van der Waals surface area (Å²) in [6.45, 7) is 2.48. The average molecular weight is 240 g/mol. The van der Waals surface area contributed by atoms with Crippen molar-refractivity contribution in [3.63, 3.8) is 0 Å². The summed E-state index contributed by atoms with van der Waals surface area (Å²) < 4.78 is 10.6. The van der Waals surface area contributed by atoms with Crippen molar-refractivity contribution < 1.29 is 14.4 Å². The number of nitrogen functional groups attached to an aromatic ring is 1. The first kappa shape index (κ1) is 11.5. The van der Waals surface area contributed by atoms with Crippen molar-refractivity contribution in [2.45, 2.75) is 19.4 Å². The number of nitro groups is 1. The lowest BCUT2D eigenvalue weighted by atomic mass is 10.3. The molecule has 1 aliphatic rings. The summed E-state index contributed by atoms with van der Waals surface area (Å²) in [7, 11) is 0. The Labute approximate surface area is 96.9 Å². The van der Waals surface area contributed by atoms with Gasteiger partial charge in [-0.15, -0.1) is 0 Å². The van der Waals surface area contributed by atoms with Crippen LogP contribution >= 0.6 is 0 Å². The number of rotatable bonds is 3. The fraction of sp³-hybridized carbons (Fsp3) is 0.556. The molecular formula is C9H12N4O4. The number of anilines is 1. The third-order valence-corrected chi connectivity index (χ3v) is 2.39. The molecule has 1 saturated heterocycles. The van der Waals surface area contributed by atoms with E-state index in [-0.39, 0.29) is 29.3 Å². The summed E-state index contributed by atoms with van der Waals surface area (Å²) in [5.41, 5.74) is 5.39. The van der Waals surface area contributed by atoms with Crippen LogP contribution in [0.4, 0.5) is 11.6 Å². The van der Waals surface area contributed by atoms with E-state index in [1.165, 1.54) is 6.92 Å². The lowest BCUT2D eigenvalue weighted by Gasteiger charge is -2.11. The second-order valence-electron chi connectivity index (χ2n) is 3.68. The fourth-order valence-corrected chi connectivity index (χ4v) is 1.62. The Kier molecular flexibility index (Phi) is 3.05. The Morgan fingerprint density at radius 3 is 2.94 bits per heavy atom. The number of hydrogen-bond donors (Lipinski definition) is 1. The molecule has 8 heteroatoms. The van der Waals surface area contributed by atoms with E-state index in [0.29, 0.717) is 19.6 Å². The van der Waals surface area contributed by atoms with Crippen molar-refractivity contribution in [1.82, 2.24) is 9.97 Å². The maximum absolute atomic E-state index is 10.9. The summed E-state index contributed by atoms with van der Waals surface area (Å²) in [6.07, 6.45) is 0.461. The van der Waals surface area contributed by atoms with Crippen LogP contribution < -0.4 is 10.5 Å². The predicted octanol–water partition coefficient (Wildman–Crippen LogP) is 0.443. The number of nitrogens with zero attached hydrogens (tertiary/aromatic N) is 3. The molecule has 0 amide bonds. The van der Waals surface area contributed by atoms with Gasteiger partial charge in [0.1, 0.15) is 11.8 Å². The zero-order valence-corrected chi connectivity index (χ0v) is 9.25. The number of ether oxygens (including phenoxy) is 2. The first-order valence-corrected chi connectivity index (χ1v) is 5.11. The third-order valence-electron chi connectivity index (χ3n) is 2.39. The van der Waals surface area contributed by atoms with E-state index >= 15 is 0 Å². The minimum Gasteiger partial charge on any atom is -0.467 e. The highest BCUT2D eigenvalue weighted by Crippen LogP contribution is 2.29. The Bertz CT molecular complexity index is 445. The van der Waals surface area contributed by atoms with Crippen LogP contribution in [0.5, 0.6) is 5.88 Å². The van der Waals surface area contributed by atoms with Crippen molar-refractivity contribution in [2.24, 2.45) is 0 Å². The van der Waals surface area contributed by atoms with Crippen LogP contribution in [0.3, 0.4) is 0 Å². The Morgan fingerprint density at radius 1 is 1.59 bits per heavy atom. The minimum atomic E-state index is -0.570. The SMILES string of the molecule is Cc1nc(N)nc(OC2CCOC2)c1[N+](=O)[O-]. The van der Waals surface area contributed by atoms with Crippen LogP contribution in [0.15, 0.2) is 0 Å². The van der Waals surface area contributed by atoms with Crippen LogP contribution in [0, 0.1) is 17.0 Å². The van der Waals surface area contributed by atoms with Crippen molar-refractivity contribution in [3.8, 4) is 5.88 Å². The second-order valence-corrected chi connectivity index (χ2v) is 3.68. The first-order valence-electron chi connectivity index (χ1n) is 5.11. The van der Waals surface area contributed by atoms with Crippen LogP contribution in [-0.4, -0.2) is 34.2 Å². The van der Waals surface area contributed by atoms with Gasteiger partial charge in [0, 0.05) is 6.42 Å². The molecule has 0 saturated carbocycles. The summed E-state index contributed by atoms with van der Waals surface area (Å²) in [4.78, 5) is 17.8. The van der Waals surface area contributed by atoms with Gasteiger partial charge in [0.05, 0.1) is 18.1 Å². The minimum absolute atomic E-state index is 0.0398. The van der Waals surface area contributed by atoms with Gasteiger partial charge in [-0.2, -0.15) is 4.98 Å². The van der Waals surface area contributed by atoms with E-state index < -0.39 is 4.92 Å². The van der Waals surface area contributed by atoms with Crippen molar-refractivity contribution in [3.05, 3.63) is 15.8 Å². The summed E-state index contributed by atoms with van der Waals surface area (Å²) in [5, 5.41) is 10.9. The molecular weight excluding hydrogens is 228 g/mol. The van der Waals surface area contributed by atoms with Crippen LogP contribution in [-0.2, 0) is 4.74 Å². The lowest BCUT2D eigenvalue weighted by Crippen LogP contribution is -2.18. The predicted molar refractivity (Wildman–Crippen MR) is 57.7 cm³/mol. The van der Waals surface area contributed by atoms with Crippen molar-refractivity contribution in [2.75, 3.05) is 18.9 Å². The molecule has 1 aliphatic heterocycles. The van der Waals surface area contributed by atoms with E-state index in [9.17, 15) is 10.1 Å². The van der Waals surface area contributed by atoms with Gasteiger partial charge in [-0.1, -0.05) is 0 Å². The molecule has 0 bridgehead atoms. The van der Waals surface area contributed by atoms with Crippen LogP contribution in [0.1, 0.15) is 12.1 Å². The highest BCUT2D eigenvalue weighted by atomic mass is 16.6. The number of aryl methyl sites for hydroxylation is 1. The third kappa shape index (κ3) is 2.41. The van der Waals surface area contributed by atoms with Gasteiger partial charge in [0.25, 0.3) is 5.88 Å². The van der Waals surface area contributed by atoms with E-state index in [0.717, 1.165) is 0 Å². The molecule has 1 fully saturated rings. The van der Waals surface area contributed by atoms with Crippen molar-refractivity contribution >= 4 is 11.6 Å². The number of nitrogens with two attached hydrogens (primary N) is 1. The zero-order chi connectivity index (χ0) is 12.4. The maximum Gasteiger partial charge on any atom is 0.352 e. The summed E-state index contributed by atoms with van der Waals surface area (Å²) >= 11 is 0. The molecule has 2 heterocycles. The van der Waals surface area contributed by atoms with Crippen molar-refractivity contribution in [1.29, 1.82) is 0 Å². The highest BCUT2D eigenvalue weighted by Gasteiger charge is 2.27. The molecule has 2 N–H and O–H groups in total. The average Bonchev–Trinajstić information content (AvgIpc) is 2.68. The van der Waals surface area contributed by atoms with E-state index in [1.807, 2.05) is 0 Å². The van der Waals surface area contributed by atoms with Gasteiger partial charge in [0.2, 0.25) is 5.95 Å². The second kappa shape index (κ2) is 4.50. The maximum atomic E-state index is 10.9. The van der Waals surface area contributed by atoms with Crippen LogP contribution in [0.2, 0.25) is 0 Å². The van der Waals surface area contributed by atoms with Gasteiger partial charge in [0.15, 0.2) is 0 Å². The monoisotopic (exact) mass is 240 g/mol. The number of hydrogen-bond acceptors (Lipinski definition) is 7. The molecule has 1 aromatic rings. The molecule has 1 aromatic heterocycles. The molecule has 8 nitrogen and oxygen atoms in total. The topological polar surface area (TPSA) is 113 Å². The summed E-state index contributed by atoms with van der Waals surface area (Å²) in [5.74, 6) is -0.127. The van der Waals surface area contributed by atoms with Gasteiger partial charge in [-0.25, -0.2) is 4.98 Å². The van der Waals surface area contributed by atoms with E-state index in [2.05, 4.69) is 9.97 Å². The first-order chi connectivity index (χ1) is 8.08. The highest BCUT2D eigenvalue weighted by molar-refractivity contribution is 5.47. The standard InChI is InChI=1S/C9H12N4O4/c1-5-7(13(14)15)8(12-9(10)11-5)17-6-2-3-16-4-6/h6H,2-4H2,1H3,(H2,10,11,12). The molecule has 0 aromatic carbocycles. The largest absolute Gasteiger partial charge is 0.467 e. The molecule has 0 aliphatic carbocycles. The quantitative estimate of drug-likeness (QED) is 0.602. The number of aromatic nitrogens is 2. The Morgan fingerprint density at radius 2 is 2.35 bits per heavy atom. The van der Waals surface area contributed by atoms with Gasteiger partial charge >= 0.3 is 5.69 Å². The smallest absolute Gasteiger partial charge is 0.352 e. The zero-order valence-electron chi connectivity index (χ0n) is 9.25. The van der Waals surface area contributed by atoms with E-state index in [1.54, 1.807) is 0 Å². The van der Waals surface area contributed by atoms with Gasteiger partial charge in [-0.3, -0.25) is 10.1 Å². The molecule has 0 radical (unpaired) electrons. The fourth-order valence-electron chi connectivity index (χ4n) is 1.62. The molecule has 0 spiro atoms. The van der Waals surface area contributed by atoms with Gasteiger partial charge < -0.3 is 15.2 Å². The molecule has 1 unspecified atom stereocenters. The van der Waals surface area contributed by atoms with E-state index in [4.69, 9.17) is 15.2 Å². The van der Waals surface area contributed by atoms with Gasteiger partial charge in [-0.05, 0) is 6.92 Å². The summed E-state index contributed by atoms with van der Waals surface area (Å²) in [6, 6.07) is 0. The van der Waals surface area contributed by atoms with Crippen LogP contribution in [0.25, 0.3) is 0 Å². The Hall–Kier alpha value is -1.96.